The second-order valence-corrected chi connectivity index (χ2v) is 7.04. The van der Waals surface area contributed by atoms with E-state index in [1.165, 1.54) is 11.8 Å². The molecule has 1 atom stereocenters. The number of hydrogen-bond acceptors (Lipinski definition) is 4. The summed E-state index contributed by atoms with van der Waals surface area (Å²) in [6.07, 6.45) is 2.16. The molecule has 0 radical (unpaired) electrons. The Morgan fingerprint density at radius 1 is 1.40 bits per heavy atom. The van der Waals surface area contributed by atoms with Crippen molar-refractivity contribution < 1.29 is 9.90 Å². The molecule has 0 rings (SSSR count). The Morgan fingerprint density at radius 3 is 2.33 bits per heavy atom. The highest BCUT2D eigenvalue weighted by Crippen LogP contribution is 2.38. The van der Waals surface area contributed by atoms with Gasteiger partial charge in [0.05, 0.1) is 0 Å². The molecule has 1 unspecified atom stereocenters. The van der Waals surface area contributed by atoms with Crippen molar-refractivity contribution in [3.05, 3.63) is 0 Å². The molecule has 15 heavy (non-hydrogen) atoms. The van der Waals surface area contributed by atoms with Gasteiger partial charge in [-0.2, -0.15) is 0 Å². The van der Waals surface area contributed by atoms with Crippen molar-refractivity contribution in [3.63, 3.8) is 0 Å². The minimum absolute atomic E-state index is 0.616. The molecule has 0 aliphatic carbocycles. The van der Waals surface area contributed by atoms with Crippen LogP contribution >= 0.6 is 35.7 Å². The van der Waals surface area contributed by atoms with Crippen molar-refractivity contribution in [1.82, 2.24) is 0 Å². The van der Waals surface area contributed by atoms with Gasteiger partial charge >= 0.3 is 5.97 Å². The zero-order chi connectivity index (χ0) is 11.9. The molecule has 0 aromatic rings. The Morgan fingerprint density at radius 2 is 2.00 bits per heavy atom. The van der Waals surface area contributed by atoms with E-state index in [0.29, 0.717) is 12.8 Å². The molecule has 0 spiro atoms. The predicted molar refractivity (Wildman–Crippen MR) is 73.9 cm³/mol. The molecule has 0 aromatic heterocycles. The highest BCUT2D eigenvalue weighted by Gasteiger charge is 2.37. The summed E-state index contributed by atoms with van der Waals surface area (Å²) in [6, 6.07) is 0. The molecule has 0 aromatic carbocycles. The normalized spacial score (nSPS) is 14.6. The van der Waals surface area contributed by atoms with Gasteiger partial charge < -0.3 is 5.11 Å². The Labute approximate surface area is 106 Å². The first-order chi connectivity index (χ1) is 7.02. The van der Waals surface area contributed by atoms with Gasteiger partial charge in [-0.1, -0.05) is 51.2 Å². The zero-order valence-corrected chi connectivity index (χ0v) is 11.9. The predicted octanol–water partition coefficient (Wildman–Crippen LogP) is 3.79. The van der Waals surface area contributed by atoms with Gasteiger partial charge in [-0.15, -0.1) is 11.8 Å². The highest BCUT2D eigenvalue weighted by molar-refractivity contribution is 8.47. The molecule has 0 saturated heterocycles. The molecular formula is C10H18O2S3. The van der Waals surface area contributed by atoms with Crippen LogP contribution in [0.5, 0.6) is 0 Å². The summed E-state index contributed by atoms with van der Waals surface area (Å²) in [4.78, 5) is 11.3. The van der Waals surface area contributed by atoms with Crippen LogP contribution in [0.2, 0.25) is 0 Å². The molecule has 88 valence electrons. The van der Waals surface area contributed by atoms with E-state index >= 15 is 0 Å². The Bertz CT molecular complexity index is 231. The Hall–Kier alpha value is 0.260. The van der Waals surface area contributed by atoms with Crippen LogP contribution in [0, 0.1) is 0 Å². The fraction of sp³-hybridized carbons (Fsp3) is 0.800. The van der Waals surface area contributed by atoms with Gasteiger partial charge in [0, 0.05) is 0 Å². The van der Waals surface area contributed by atoms with Gasteiger partial charge in [0.15, 0.2) is 0 Å². The van der Waals surface area contributed by atoms with Crippen LogP contribution in [0.25, 0.3) is 0 Å². The summed E-state index contributed by atoms with van der Waals surface area (Å²) in [6.45, 7) is 5.94. The first-order valence-corrected chi connectivity index (χ1v) is 7.32. The smallest absolute Gasteiger partial charge is 0.320 e. The standard InChI is InChI=1S/C10H18O2S3/c1-4-7-10(5-2,8(11)12)15-9(13)14-6-3/h4-7H2,1-3H3,(H,11,12). The fourth-order valence-corrected chi connectivity index (χ4v) is 4.30. The summed E-state index contributed by atoms with van der Waals surface area (Å²) < 4.78 is 0.0313. The van der Waals surface area contributed by atoms with Crippen LogP contribution in [-0.2, 0) is 4.79 Å². The maximum absolute atomic E-state index is 11.3. The topological polar surface area (TPSA) is 37.3 Å². The van der Waals surface area contributed by atoms with E-state index in [0.717, 1.165) is 15.7 Å². The summed E-state index contributed by atoms with van der Waals surface area (Å²) in [5.41, 5.74) is 0. The average Bonchev–Trinajstić information content (AvgIpc) is 2.17. The lowest BCUT2D eigenvalue weighted by molar-refractivity contribution is -0.140. The largest absolute Gasteiger partial charge is 0.480 e. The van der Waals surface area contributed by atoms with Crippen LogP contribution in [-0.4, -0.2) is 25.1 Å². The molecule has 0 aliphatic rings. The number of carboxylic acid groups (broad SMARTS) is 1. The van der Waals surface area contributed by atoms with E-state index in [4.69, 9.17) is 12.2 Å². The summed E-state index contributed by atoms with van der Waals surface area (Å²) in [5, 5.41) is 9.28. The van der Waals surface area contributed by atoms with Gasteiger partial charge in [-0.25, -0.2) is 0 Å². The van der Waals surface area contributed by atoms with E-state index in [2.05, 4.69) is 0 Å². The van der Waals surface area contributed by atoms with Crippen LogP contribution in [0.15, 0.2) is 0 Å². The van der Waals surface area contributed by atoms with Crippen molar-refractivity contribution in [2.24, 2.45) is 0 Å². The molecule has 2 nitrogen and oxygen atoms in total. The fourth-order valence-electron chi connectivity index (χ4n) is 1.31. The molecule has 0 saturated carbocycles. The minimum atomic E-state index is -0.740. The molecule has 5 heteroatoms. The molecule has 0 aliphatic heterocycles. The van der Waals surface area contributed by atoms with Crippen molar-refractivity contribution in [3.8, 4) is 0 Å². The van der Waals surface area contributed by atoms with Crippen molar-refractivity contribution in [2.75, 3.05) is 5.75 Å². The van der Waals surface area contributed by atoms with Gasteiger partial charge in [-0.3, -0.25) is 4.79 Å². The molecule has 0 heterocycles. The van der Waals surface area contributed by atoms with E-state index < -0.39 is 10.7 Å². The first-order valence-electron chi connectivity index (χ1n) is 5.11. The molecule has 0 fully saturated rings. The van der Waals surface area contributed by atoms with E-state index in [-0.39, 0.29) is 0 Å². The quantitative estimate of drug-likeness (QED) is 0.740. The molecule has 1 N–H and O–H groups in total. The minimum Gasteiger partial charge on any atom is -0.480 e. The Balaban J connectivity index is 4.61. The lowest BCUT2D eigenvalue weighted by atomic mass is 10.00. The van der Waals surface area contributed by atoms with Crippen molar-refractivity contribution >= 4 is 45.2 Å². The van der Waals surface area contributed by atoms with Crippen molar-refractivity contribution in [2.45, 2.75) is 44.8 Å². The number of carboxylic acids is 1. The average molecular weight is 266 g/mol. The van der Waals surface area contributed by atoms with E-state index in [9.17, 15) is 9.90 Å². The second-order valence-electron chi connectivity index (χ2n) is 3.19. The SMILES string of the molecule is CCCC(CC)(SC(=S)SCC)C(=O)O. The third kappa shape index (κ3) is 4.74. The van der Waals surface area contributed by atoms with Crippen LogP contribution in [0.3, 0.4) is 0 Å². The van der Waals surface area contributed by atoms with Crippen LogP contribution < -0.4 is 0 Å². The lowest BCUT2D eigenvalue weighted by Crippen LogP contribution is -2.35. The first kappa shape index (κ1) is 15.3. The highest BCUT2D eigenvalue weighted by atomic mass is 32.2. The zero-order valence-electron chi connectivity index (χ0n) is 9.41. The summed E-state index contributed by atoms with van der Waals surface area (Å²) in [7, 11) is 0. The number of carbonyl (C=O) groups is 1. The molecular weight excluding hydrogens is 248 g/mol. The monoisotopic (exact) mass is 266 g/mol. The van der Waals surface area contributed by atoms with Crippen LogP contribution in [0.1, 0.15) is 40.0 Å². The number of rotatable bonds is 6. The van der Waals surface area contributed by atoms with Gasteiger partial charge in [0.1, 0.15) is 8.28 Å². The number of thiocarbonyl (C=S) groups is 1. The second kappa shape index (κ2) is 7.52. The van der Waals surface area contributed by atoms with Gasteiger partial charge in [0.25, 0.3) is 0 Å². The maximum atomic E-state index is 11.3. The van der Waals surface area contributed by atoms with Gasteiger partial charge in [0.2, 0.25) is 0 Å². The third-order valence-corrected chi connectivity index (χ3v) is 5.11. The Kier molecular flexibility index (Phi) is 7.65. The number of thioether (sulfide) groups is 2. The van der Waals surface area contributed by atoms with Crippen LogP contribution in [0.4, 0.5) is 0 Å². The summed E-state index contributed by atoms with van der Waals surface area (Å²) in [5.74, 6) is 0.160. The molecule has 0 amide bonds. The number of hydrogen-bond donors (Lipinski definition) is 1. The summed E-state index contributed by atoms with van der Waals surface area (Å²) >= 11 is 8.06. The van der Waals surface area contributed by atoms with Gasteiger partial charge in [-0.05, 0) is 18.6 Å². The lowest BCUT2D eigenvalue weighted by Gasteiger charge is -2.26. The third-order valence-electron chi connectivity index (χ3n) is 2.16. The van der Waals surface area contributed by atoms with Crippen molar-refractivity contribution in [1.29, 1.82) is 0 Å². The number of aliphatic carboxylic acids is 1. The van der Waals surface area contributed by atoms with E-state index in [1.54, 1.807) is 11.8 Å². The maximum Gasteiger partial charge on any atom is 0.320 e. The molecule has 0 bridgehead atoms. The van der Waals surface area contributed by atoms with E-state index in [1.807, 2.05) is 20.8 Å².